The molecule has 0 aromatic heterocycles. The number of esters is 1. The summed E-state index contributed by atoms with van der Waals surface area (Å²) >= 11 is 0. The Kier molecular flexibility index (Phi) is 2.46. The minimum absolute atomic E-state index is 0.0962. The van der Waals surface area contributed by atoms with Crippen LogP contribution in [0, 0.1) is 0 Å². The smallest absolute Gasteiger partial charge is 0.302 e. The zero-order valence-electron chi connectivity index (χ0n) is 6.54. The monoisotopic (exact) mass is 156 g/mol. The molecule has 62 valence electrons. The third kappa shape index (κ3) is 2.57. The van der Waals surface area contributed by atoms with Crippen LogP contribution in [-0.2, 0) is 9.53 Å². The van der Waals surface area contributed by atoms with E-state index >= 15 is 0 Å². The molecule has 1 rings (SSSR count). The molecule has 11 heavy (non-hydrogen) atoms. The highest BCUT2D eigenvalue weighted by atomic mass is 16.5. The molecule has 1 heterocycles. The molecule has 1 aliphatic rings. The third-order valence-corrected chi connectivity index (χ3v) is 1.56. The summed E-state index contributed by atoms with van der Waals surface area (Å²) in [5.74, 6) is 0.410. The van der Waals surface area contributed by atoms with Crippen molar-refractivity contribution in [3.05, 3.63) is 0 Å². The van der Waals surface area contributed by atoms with E-state index in [1.165, 1.54) is 6.92 Å². The van der Waals surface area contributed by atoms with Gasteiger partial charge < -0.3 is 10.5 Å². The summed E-state index contributed by atoms with van der Waals surface area (Å²) in [6.07, 6.45) is 1.73. The van der Waals surface area contributed by atoms with E-state index in [4.69, 9.17) is 10.5 Å². The molecular weight excluding hydrogens is 144 g/mol. The van der Waals surface area contributed by atoms with Crippen LogP contribution < -0.4 is 5.73 Å². The highest BCUT2D eigenvalue weighted by Crippen LogP contribution is 2.10. The van der Waals surface area contributed by atoms with Gasteiger partial charge in [-0.2, -0.15) is 0 Å². The maximum Gasteiger partial charge on any atom is 0.302 e. The van der Waals surface area contributed by atoms with E-state index in [0.717, 1.165) is 12.8 Å². The van der Waals surface area contributed by atoms with Gasteiger partial charge in [-0.05, 0) is 6.42 Å². The first-order chi connectivity index (χ1) is 5.18. The van der Waals surface area contributed by atoms with Gasteiger partial charge in [0, 0.05) is 13.3 Å². The first-order valence-corrected chi connectivity index (χ1v) is 3.64. The van der Waals surface area contributed by atoms with Gasteiger partial charge in [0.2, 0.25) is 0 Å². The third-order valence-electron chi connectivity index (χ3n) is 1.56. The highest BCUT2D eigenvalue weighted by Gasteiger charge is 2.15. The summed E-state index contributed by atoms with van der Waals surface area (Å²) in [4.78, 5) is 14.5. The molecule has 4 heteroatoms. The molecule has 0 aliphatic carbocycles. The van der Waals surface area contributed by atoms with Gasteiger partial charge in [0.05, 0.1) is 11.9 Å². The molecule has 1 aliphatic heterocycles. The van der Waals surface area contributed by atoms with Crippen LogP contribution in [0.25, 0.3) is 0 Å². The lowest BCUT2D eigenvalue weighted by Gasteiger charge is -2.04. The summed E-state index contributed by atoms with van der Waals surface area (Å²) in [6, 6.07) is 0.0962. The van der Waals surface area contributed by atoms with E-state index in [0.29, 0.717) is 12.4 Å². The van der Waals surface area contributed by atoms with E-state index in [1.54, 1.807) is 0 Å². The molecule has 2 N–H and O–H groups in total. The number of hydrogen-bond donors (Lipinski definition) is 1. The number of carbonyl (C=O) groups excluding carboxylic acids is 1. The predicted octanol–water partition coefficient (Wildman–Crippen LogP) is 0.0691. The summed E-state index contributed by atoms with van der Waals surface area (Å²) < 4.78 is 4.77. The van der Waals surface area contributed by atoms with Crippen molar-refractivity contribution in [3.8, 4) is 0 Å². The van der Waals surface area contributed by atoms with Gasteiger partial charge in [0.1, 0.15) is 6.61 Å². The van der Waals surface area contributed by atoms with Crippen molar-refractivity contribution in [2.75, 3.05) is 6.61 Å². The molecule has 1 atom stereocenters. The number of amidine groups is 1. The van der Waals surface area contributed by atoms with Crippen LogP contribution in [0.4, 0.5) is 0 Å². The Balaban J connectivity index is 2.23. The standard InChI is InChI=1S/C7H12N2O2/c1-5(10)11-4-6-2-3-7(8)9-6/h6H,2-4H2,1H3,(H2,8,9)/t6-/m0/s1. The van der Waals surface area contributed by atoms with Gasteiger partial charge in [-0.25, -0.2) is 0 Å². The van der Waals surface area contributed by atoms with Gasteiger partial charge >= 0.3 is 5.97 Å². The van der Waals surface area contributed by atoms with E-state index in [2.05, 4.69) is 4.99 Å². The molecule has 0 aromatic carbocycles. The van der Waals surface area contributed by atoms with E-state index in [1.807, 2.05) is 0 Å². The SMILES string of the molecule is CC(=O)OC[C@@H]1CCC(N)=N1. The highest BCUT2D eigenvalue weighted by molar-refractivity contribution is 5.82. The van der Waals surface area contributed by atoms with Crippen molar-refractivity contribution in [1.82, 2.24) is 0 Å². The average molecular weight is 156 g/mol. The van der Waals surface area contributed by atoms with Crippen LogP contribution in [0.2, 0.25) is 0 Å². The number of nitrogens with zero attached hydrogens (tertiary/aromatic N) is 1. The van der Waals surface area contributed by atoms with Gasteiger partial charge in [-0.1, -0.05) is 0 Å². The van der Waals surface area contributed by atoms with Crippen LogP contribution in [0.1, 0.15) is 19.8 Å². The predicted molar refractivity (Wildman–Crippen MR) is 41.3 cm³/mol. The molecule has 0 saturated carbocycles. The molecule has 0 saturated heterocycles. The molecule has 4 nitrogen and oxygen atoms in total. The number of rotatable bonds is 2. The summed E-state index contributed by atoms with van der Waals surface area (Å²) in [7, 11) is 0. The second-order valence-corrected chi connectivity index (χ2v) is 2.62. The Bertz CT molecular complexity index is 189. The number of aliphatic imine (C=N–C) groups is 1. The zero-order valence-corrected chi connectivity index (χ0v) is 6.54. The van der Waals surface area contributed by atoms with Gasteiger partial charge in [0.15, 0.2) is 0 Å². The van der Waals surface area contributed by atoms with Crippen molar-refractivity contribution >= 4 is 11.8 Å². The van der Waals surface area contributed by atoms with Crippen molar-refractivity contribution in [2.45, 2.75) is 25.8 Å². The van der Waals surface area contributed by atoms with Crippen LogP contribution in [-0.4, -0.2) is 24.5 Å². The van der Waals surface area contributed by atoms with E-state index < -0.39 is 0 Å². The van der Waals surface area contributed by atoms with Gasteiger partial charge in [-0.3, -0.25) is 9.79 Å². The average Bonchev–Trinajstić information content (AvgIpc) is 2.31. The van der Waals surface area contributed by atoms with Crippen molar-refractivity contribution < 1.29 is 9.53 Å². The quantitative estimate of drug-likeness (QED) is 0.575. The molecular formula is C7H12N2O2. The van der Waals surface area contributed by atoms with Crippen LogP contribution in [0.5, 0.6) is 0 Å². The second kappa shape index (κ2) is 3.37. The molecule has 0 spiro atoms. The zero-order chi connectivity index (χ0) is 8.27. The lowest BCUT2D eigenvalue weighted by atomic mass is 10.2. The fourth-order valence-corrected chi connectivity index (χ4v) is 1.01. The van der Waals surface area contributed by atoms with Gasteiger partial charge in [-0.15, -0.1) is 0 Å². The second-order valence-electron chi connectivity index (χ2n) is 2.62. The Hall–Kier alpha value is -1.06. The van der Waals surface area contributed by atoms with Crippen LogP contribution in [0.3, 0.4) is 0 Å². The Labute approximate surface area is 65.4 Å². The van der Waals surface area contributed by atoms with E-state index in [-0.39, 0.29) is 12.0 Å². The Morgan fingerprint density at radius 2 is 2.64 bits per heavy atom. The molecule has 0 bridgehead atoms. The minimum atomic E-state index is -0.259. The normalized spacial score (nSPS) is 23.0. The summed E-state index contributed by atoms with van der Waals surface area (Å²) in [6.45, 7) is 1.76. The maximum absolute atomic E-state index is 10.4. The molecule has 0 fully saturated rings. The maximum atomic E-state index is 10.4. The number of hydrogen-bond acceptors (Lipinski definition) is 4. The van der Waals surface area contributed by atoms with Gasteiger partial charge in [0.25, 0.3) is 0 Å². The topological polar surface area (TPSA) is 64.7 Å². The largest absolute Gasteiger partial charge is 0.464 e. The summed E-state index contributed by atoms with van der Waals surface area (Å²) in [5, 5.41) is 0. The minimum Gasteiger partial charge on any atom is -0.464 e. The lowest BCUT2D eigenvalue weighted by Crippen LogP contribution is -2.13. The van der Waals surface area contributed by atoms with Crippen molar-refractivity contribution in [2.24, 2.45) is 10.7 Å². The molecule has 0 radical (unpaired) electrons. The Morgan fingerprint density at radius 3 is 3.09 bits per heavy atom. The fourth-order valence-electron chi connectivity index (χ4n) is 1.01. The number of nitrogens with two attached hydrogens (primary N) is 1. The summed E-state index contributed by atoms with van der Waals surface area (Å²) in [5.41, 5.74) is 5.44. The van der Waals surface area contributed by atoms with Crippen molar-refractivity contribution in [1.29, 1.82) is 0 Å². The Morgan fingerprint density at radius 1 is 1.91 bits per heavy atom. The molecule has 0 unspecified atom stereocenters. The van der Waals surface area contributed by atoms with Crippen LogP contribution >= 0.6 is 0 Å². The van der Waals surface area contributed by atoms with Crippen LogP contribution in [0.15, 0.2) is 4.99 Å². The number of ether oxygens (including phenoxy) is 1. The fraction of sp³-hybridized carbons (Fsp3) is 0.714. The first kappa shape index (κ1) is 8.04. The van der Waals surface area contributed by atoms with E-state index in [9.17, 15) is 4.79 Å². The first-order valence-electron chi connectivity index (χ1n) is 3.64. The lowest BCUT2D eigenvalue weighted by molar-refractivity contribution is -0.141. The molecule has 0 amide bonds. The van der Waals surface area contributed by atoms with Crippen molar-refractivity contribution in [3.63, 3.8) is 0 Å². The number of carbonyl (C=O) groups is 1. The molecule has 0 aromatic rings.